The van der Waals surface area contributed by atoms with E-state index < -0.39 is 4.92 Å². The second-order valence-corrected chi connectivity index (χ2v) is 3.69. The van der Waals surface area contributed by atoms with Crippen molar-refractivity contribution >= 4 is 11.5 Å². The monoisotopic (exact) mass is 213 g/mol. The van der Waals surface area contributed by atoms with Crippen molar-refractivity contribution in [2.24, 2.45) is 0 Å². The molecule has 1 aromatic rings. The fourth-order valence-corrected chi connectivity index (χ4v) is 1.09. The molecule has 0 aliphatic carbocycles. The van der Waals surface area contributed by atoms with Gasteiger partial charge in [-0.05, 0) is 21.0 Å². The lowest BCUT2D eigenvalue weighted by molar-refractivity contribution is -0.384. The van der Waals surface area contributed by atoms with Gasteiger partial charge in [-0.25, -0.2) is 0 Å². The smallest absolute Gasteiger partial charge is 0.330 e. The van der Waals surface area contributed by atoms with E-state index in [-0.39, 0.29) is 17.5 Å². The number of nitrogen functional groups attached to an aromatic ring is 1. The predicted molar refractivity (Wildman–Crippen MR) is 56.4 cm³/mol. The molecule has 0 bridgehead atoms. The van der Waals surface area contributed by atoms with Crippen molar-refractivity contribution in [3.05, 3.63) is 16.3 Å². The minimum atomic E-state index is -0.529. The predicted octanol–water partition coefficient (Wildman–Crippen LogP) is 0.324. The van der Waals surface area contributed by atoms with Gasteiger partial charge in [0.1, 0.15) is 6.20 Å². The van der Waals surface area contributed by atoms with Gasteiger partial charge in [0.25, 0.3) is 0 Å². The first-order valence-corrected chi connectivity index (χ1v) is 4.55. The van der Waals surface area contributed by atoms with E-state index in [9.17, 15) is 10.1 Å². The molecular formula is C8H15N5O2. The van der Waals surface area contributed by atoms with E-state index in [4.69, 9.17) is 5.73 Å². The third-order valence-corrected chi connectivity index (χ3v) is 2.30. The quantitative estimate of drug-likeness (QED) is 0.574. The molecule has 1 atom stereocenters. The largest absolute Gasteiger partial charge is 0.376 e. The van der Waals surface area contributed by atoms with Crippen molar-refractivity contribution in [3.8, 4) is 0 Å². The summed E-state index contributed by atoms with van der Waals surface area (Å²) >= 11 is 0. The summed E-state index contributed by atoms with van der Waals surface area (Å²) in [7, 11) is 3.87. The fourth-order valence-electron chi connectivity index (χ4n) is 1.09. The maximum atomic E-state index is 10.5. The van der Waals surface area contributed by atoms with Crippen LogP contribution in [0.4, 0.5) is 11.5 Å². The van der Waals surface area contributed by atoms with Crippen LogP contribution >= 0.6 is 0 Å². The molecule has 0 radical (unpaired) electrons. The molecule has 7 nitrogen and oxygen atoms in total. The molecule has 0 aliphatic heterocycles. The summed E-state index contributed by atoms with van der Waals surface area (Å²) in [5.41, 5.74) is 5.27. The lowest BCUT2D eigenvalue weighted by Crippen LogP contribution is -2.29. The number of aromatic nitrogens is 2. The van der Waals surface area contributed by atoms with Gasteiger partial charge in [-0.3, -0.25) is 14.8 Å². The van der Waals surface area contributed by atoms with Gasteiger partial charge in [-0.1, -0.05) is 0 Å². The minimum absolute atomic E-state index is 0.0362. The molecule has 1 heterocycles. The molecule has 1 rings (SSSR count). The van der Waals surface area contributed by atoms with Crippen LogP contribution in [-0.2, 0) is 6.54 Å². The molecular weight excluding hydrogens is 198 g/mol. The van der Waals surface area contributed by atoms with E-state index in [1.165, 1.54) is 10.9 Å². The third-order valence-electron chi connectivity index (χ3n) is 2.30. The highest BCUT2D eigenvalue weighted by molar-refractivity contribution is 5.50. The Bertz CT molecular complexity index is 360. The van der Waals surface area contributed by atoms with Gasteiger partial charge < -0.3 is 10.6 Å². The molecule has 15 heavy (non-hydrogen) atoms. The molecule has 0 aromatic carbocycles. The highest BCUT2D eigenvalue weighted by Gasteiger charge is 2.17. The normalized spacial score (nSPS) is 13.1. The summed E-state index contributed by atoms with van der Waals surface area (Å²) in [4.78, 5) is 12.0. The van der Waals surface area contributed by atoms with Crippen molar-refractivity contribution in [1.82, 2.24) is 14.7 Å². The van der Waals surface area contributed by atoms with Crippen molar-refractivity contribution in [2.75, 3.05) is 19.8 Å². The van der Waals surface area contributed by atoms with E-state index in [1.807, 2.05) is 25.9 Å². The average Bonchev–Trinajstić information content (AvgIpc) is 2.46. The minimum Gasteiger partial charge on any atom is -0.376 e. The highest BCUT2D eigenvalue weighted by atomic mass is 16.6. The number of anilines is 1. The van der Waals surface area contributed by atoms with Crippen molar-refractivity contribution in [2.45, 2.75) is 19.5 Å². The van der Waals surface area contributed by atoms with E-state index in [0.717, 1.165) is 0 Å². The topological polar surface area (TPSA) is 90.2 Å². The van der Waals surface area contributed by atoms with Gasteiger partial charge in [-0.2, -0.15) is 0 Å². The first-order valence-electron chi connectivity index (χ1n) is 4.55. The van der Waals surface area contributed by atoms with Crippen molar-refractivity contribution in [3.63, 3.8) is 0 Å². The van der Waals surface area contributed by atoms with E-state index >= 15 is 0 Å². The second kappa shape index (κ2) is 4.26. The van der Waals surface area contributed by atoms with Crippen LogP contribution in [0.1, 0.15) is 6.92 Å². The first kappa shape index (κ1) is 11.4. The van der Waals surface area contributed by atoms with Crippen LogP contribution < -0.4 is 5.73 Å². The summed E-state index contributed by atoms with van der Waals surface area (Å²) < 4.78 is 1.50. The Balaban J connectivity index is 2.80. The third kappa shape index (κ3) is 2.66. The van der Waals surface area contributed by atoms with E-state index in [2.05, 4.69) is 5.10 Å². The molecule has 2 N–H and O–H groups in total. The summed E-state index contributed by atoms with van der Waals surface area (Å²) in [5.74, 6) is -0.0362. The lowest BCUT2D eigenvalue weighted by Gasteiger charge is -2.18. The van der Waals surface area contributed by atoms with Crippen LogP contribution in [0.15, 0.2) is 6.20 Å². The van der Waals surface area contributed by atoms with Crippen LogP contribution in [-0.4, -0.2) is 39.7 Å². The second-order valence-electron chi connectivity index (χ2n) is 3.69. The number of rotatable bonds is 4. The molecule has 84 valence electrons. The Kier molecular flexibility index (Phi) is 3.25. The number of likely N-dealkylation sites (N-methyl/N-ethyl adjacent to an activating group) is 1. The van der Waals surface area contributed by atoms with Gasteiger partial charge in [0.2, 0.25) is 5.82 Å². The Morgan fingerprint density at radius 3 is 2.73 bits per heavy atom. The Labute approximate surface area is 87.6 Å². The van der Waals surface area contributed by atoms with Gasteiger partial charge in [0.05, 0.1) is 11.5 Å². The zero-order chi connectivity index (χ0) is 11.6. The van der Waals surface area contributed by atoms with Crippen LogP contribution in [0.3, 0.4) is 0 Å². The number of nitro groups is 1. The summed E-state index contributed by atoms with van der Waals surface area (Å²) in [6, 6.07) is 0.240. The Hall–Kier alpha value is -1.63. The van der Waals surface area contributed by atoms with E-state index in [0.29, 0.717) is 6.54 Å². The molecule has 0 spiro atoms. The van der Waals surface area contributed by atoms with Crippen LogP contribution in [0.2, 0.25) is 0 Å². The molecule has 1 aromatic heterocycles. The molecule has 0 saturated heterocycles. The molecule has 0 saturated carbocycles. The molecule has 0 fully saturated rings. The maximum Gasteiger partial charge on any atom is 0.330 e. The Morgan fingerprint density at radius 2 is 2.33 bits per heavy atom. The molecule has 0 amide bonds. The zero-order valence-corrected chi connectivity index (χ0v) is 9.04. The molecule has 7 heteroatoms. The Morgan fingerprint density at radius 1 is 1.73 bits per heavy atom. The number of nitrogens with two attached hydrogens (primary N) is 1. The van der Waals surface area contributed by atoms with Crippen LogP contribution in [0.25, 0.3) is 0 Å². The van der Waals surface area contributed by atoms with E-state index in [1.54, 1.807) is 0 Å². The van der Waals surface area contributed by atoms with Crippen LogP contribution in [0, 0.1) is 10.1 Å². The fraction of sp³-hybridized carbons (Fsp3) is 0.625. The van der Waals surface area contributed by atoms with Crippen molar-refractivity contribution in [1.29, 1.82) is 0 Å². The standard InChI is InChI=1S/C8H15N5O2/c1-6(11(2)3)4-12-5-7(13(14)15)8(9)10-12/h5-6H,4H2,1-3H3,(H2,9,10). The number of nitrogens with zero attached hydrogens (tertiary/aromatic N) is 4. The lowest BCUT2D eigenvalue weighted by atomic mass is 10.3. The summed E-state index contributed by atoms with van der Waals surface area (Å²) in [6.07, 6.45) is 1.36. The van der Waals surface area contributed by atoms with Gasteiger partial charge in [0, 0.05) is 6.04 Å². The number of hydrogen-bond donors (Lipinski definition) is 1. The summed E-state index contributed by atoms with van der Waals surface area (Å²) in [5, 5.41) is 14.4. The molecule has 1 unspecified atom stereocenters. The SMILES string of the molecule is CC(Cn1cc([N+](=O)[O-])c(N)n1)N(C)C. The number of hydrogen-bond acceptors (Lipinski definition) is 5. The summed E-state index contributed by atoms with van der Waals surface area (Å²) in [6.45, 7) is 2.58. The highest BCUT2D eigenvalue weighted by Crippen LogP contribution is 2.18. The maximum absolute atomic E-state index is 10.5. The van der Waals surface area contributed by atoms with Gasteiger partial charge in [-0.15, -0.1) is 5.10 Å². The van der Waals surface area contributed by atoms with Crippen LogP contribution in [0.5, 0.6) is 0 Å². The first-order chi connectivity index (χ1) is 6.91. The zero-order valence-electron chi connectivity index (χ0n) is 9.04. The molecule has 0 aliphatic rings. The van der Waals surface area contributed by atoms with Crippen molar-refractivity contribution < 1.29 is 4.92 Å². The van der Waals surface area contributed by atoms with Gasteiger partial charge in [0.15, 0.2) is 0 Å². The average molecular weight is 213 g/mol. The van der Waals surface area contributed by atoms with Gasteiger partial charge >= 0.3 is 5.69 Å².